The molecule has 18 nitrogen and oxygen atoms in total. The number of carbonyl (C=O) groups excluding carboxylic acids is 2. The van der Waals surface area contributed by atoms with Crippen molar-refractivity contribution < 1.29 is 49.1 Å². The zero-order valence-electron chi connectivity index (χ0n) is 38.1. The molecule has 1 aliphatic rings. The molecule has 0 bridgehead atoms. The van der Waals surface area contributed by atoms with E-state index in [1.54, 1.807) is 53.4 Å². The zero-order chi connectivity index (χ0) is 48.4. The molecule has 1 aliphatic heterocycles. The monoisotopic (exact) mass is 932 g/mol. The molecule has 0 saturated heterocycles. The third-order valence-electron chi connectivity index (χ3n) is 11.8. The van der Waals surface area contributed by atoms with Gasteiger partial charge in [0.25, 0.3) is 5.91 Å². The first-order valence-corrected chi connectivity index (χ1v) is 22.6. The maximum atomic E-state index is 14.0. The van der Waals surface area contributed by atoms with Crippen LogP contribution in [0, 0.1) is 0 Å². The molecule has 68 heavy (non-hydrogen) atoms. The first kappa shape index (κ1) is 50.9. The molecule has 2 aromatic heterocycles. The second-order valence-electron chi connectivity index (χ2n) is 16.3. The Kier molecular flexibility index (Phi) is 19.2. The molecule has 6 rings (SSSR count). The van der Waals surface area contributed by atoms with Gasteiger partial charge < -0.3 is 40.1 Å². The molecule has 5 aromatic rings. The molecule has 0 spiro atoms. The number of ether oxygens (including phenoxy) is 2. The van der Waals surface area contributed by atoms with Gasteiger partial charge >= 0.3 is 11.9 Å². The summed E-state index contributed by atoms with van der Waals surface area (Å²) in [5.74, 6) is 3.19. The molecule has 3 atom stereocenters. The number of nitrogens with two attached hydrogens (primary N) is 1. The number of hydrazine groups is 1. The van der Waals surface area contributed by atoms with Crippen molar-refractivity contribution in [3.8, 4) is 0 Å². The summed E-state index contributed by atoms with van der Waals surface area (Å²) >= 11 is 0. The summed E-state index contributed by atoms with van der Waals surface area (Å²) in [4.78, 5) is 64.9. The number of amides is 2. The van der Waals surface area contributed by atoms with Gasteiger partial charge in [-0.1, -0.05) is 73.7 Å². The van der Waals surface area contributed by atoms with Crippen LogP contribution in [0.2, 0.25) is 0 Å². The average Bonchev–Trinajstić information content (AvgIpc) is 3.34. The van der Waals surface area contributed by atoms with E-state index in [9.17, 15) is 39.6 Å². The van der Waals surface area contributed by atoms with E-state index < -0.39 is 18.0 Å². The van der Waals surface area contributed by atoms with Gasteiger partial charge in [-0.05, 0) is 64.7 Å². The predicted octanol–water partition coefficient (Wildman–Crippen LogP) is 3.76. The molecule has 18 heteroatoms. The fourth-order valence-corrected chi connectivity index (χ4v) is 8.41. The van der Waals surface area contributed by atoms with Gasteiger partial charge in [-0.3, -0.25) is 30.7 Å². The minimum absolute atomic E-state index is 0.0419. The summed E-state index contributed by atoms with van der Waals surface area (Å²) in [6, 6.07) is 31.3. The van der Waals surface area contributed by atoms with Crippen LogP contribution in [0.25, 0.3) is 0 Å². The number of fused-ring (bicyclic) bond motifs is 2. The number of pyridine rings is 2. The van der Waals surface area contributed by atoms with E-state index in [0.717, 1.165) is 22.4 Å². The maximum absolute atomic E-state index is 14.0. The van der Waals surface area contributed by atoms with Crippen LogP contribution in [-0.2, 0) is 27.4 Å². The highest BCUT2D eigenvalue weighted by Crippen LogP contribution is 2.40. The van der Waals surface area contributed by atoms with Crippen LogP contribution in [0.5, 0.6) is 0 Å². The van der Waals surface area contributed by atoms with Gasteiger partial charge in [0.2, 0.25) is 5.91 Å². The lowest BCUT2D eigenvalue weighted by atomic mass is 9.84. The number of carboxylic acid groups (broad SMARTS) is 2. The van der Waals surface area contributed by atoms with E-state index in [0.29, 0.717) is 61.8 Å². The zero-order valence-corrected chi connectivity index (χ0v) is 38.1. The molecular formula is C50H60N8O10. The minimum atomic E-state index is -1.19. The Labute approximate surface area is 395 Å². The third-order valence-corrected chi connectivity index (χ3v) is 11.8. The van der Waals surface area contributed by atoms with Crippen LogP contribution in [0.15, 0.2) is 109 Å². The number of anilines is 1. The van der Waals surface area contributed by atoms with Gasteiger partial charge in [-0.15, -0.1) is 0 Å². The number of benzene rings is 3. The quantitative estimate of drug-likeness (QED) is 0.0250. The summed E-state index contributed by atoms with van der Waals surface area (Å²) in [5, 5.41) is 41.6. The molecule has 3 unspecified atom stereocenters. The fraction of sp³-hybridized carbons (Fsp3) is 0.360. The predicted molar refractivity (Wildman–Crippen MR) is 253 cm³/mol. The molecule has 0 radical (unpaired) electrons. The number of carbonyl (C=O) groups is 4. The first-order valence-electron chi connectivity index (χ1n) is 22.6. The second-order valence-corrected chi connectivity index (χ2v) is 16.3. The number of nitrogens with one attached hydrogen (secondary N) is 2. The maximum Gasteiger partial charge on any atom is 0.354 e. The molecule has 0 fully saturated rings. The van der Waals surface area contributed by atoms with Crippen LogP contribution >= 0.6 is 0 Å². The molecule has 8 N–H and O–H groups in total. The number of nitrogens with zero attached hydrogens (tertiary/aromatic N) is 5. The first-order chi connectivity index (χ1) is 33.0. The molecule has 3 heterocycles. The van der Waals surface area contributed by atoms with E-state index in [1.165, 1.54) is 12.1 Å². The standard InChI is InChI=1S/C50H60N8O10/c1-34-39-10-4-5-15-44(39)58(32-37-8-2-3-11-40(37)46(34)55-51)45(61)20-21-52-48(62)36-18-16-35(17-19-36)47(41-12-7-14-43(54-41)50(65)66)57(23-27-60)25-29-68-31-30-67-28-24-56(22-26-59)33-38-9-6-13-42(53-38)49(63)64/h2-19,34,46-47,55,59-60H,20-33,51H2,1H3,(H,52,62)(H,63,64)(H,65,66). The van der Waals surface area contributed by atoms with Gasteiger partial charge in [0.05, 0.1) is 69.7 Å². The number of aliphatic hydroxyl groups excluding tert-OH is 2. The van der Waals surface area contributed by atoms with Crippen LogP contribution in [-0.4, -0.2) is 136 Å². The van der Waals surface area contributed by atoms with Crippen molar-refractivity contribution in [1.29, 1.82) is 0 Å². The van der Waals surface area contributed by atoms with Gasteiger partial charge in [0, 0.05) is 62.9 Å². The summed E-state index contributed by atoms with van der Waals surface area (Å²) < 4.78 is 11.7. The second kappa shape index (κ2) is 25.6. The molecule has 3 aromatic carbocycles. The fourth-order valence-electron chi connectivity index (χ4n) is 8.41. The molecular weight excluding hydrogens is 873 g/mol. The lowest BCUT2D eigenvalue weighted by Crippen LogP contribution is -2.39. The SMILES string of the molecule is CC1c2ccccc2N(C(=O)CCNC(=O)c2ccc(C(c3cccc(C(=O)O)n3)N(CCO)CCOCCOCCN(CCO)Cc3cccc(C(=O)O)n3)cc2)Cc2ccccc2C1NN. The van der Waals surface area contributed by atoms with Crippen molar-refractivity contribution in [3.05, 3.63) is 160 Å². The highest BCUT2D eigenvalue weighted by atomic mass is 16.5. The van der Waals surface area contributed by atoms with Crippen molar-refractivity contribution in [1.82, 2.24) is 30.5 Å². The Morgan fingerprint density at radius 1 is 0.750 bits per heavy atom. The highest BCUT2D eigenvalue weighted by molar-refractivity contribution is 5.96. The van der Waals surface area contributed by atoms with E-state index in [4.69, 9.17) is 15.3 Å². The molecule has 0 aliphatic carbocycles. The van der Waals surface area contributed by atoms with E-state index in [-0.39, 0.29) is 87.7 Å². The van der Waals surface area contributed by atoms with E-state index in [1.807, 2.05) is 58.3 Å². The minimum Gasteiger partial charge on any atom is -0.477 e. The van der Waals surface area contributed by atoms with Gasteiger partial charge in [0.15, 0.2) is 0 Å². The van der Waals surface area contributed by atoms with Crippen LogP contribution in [0.1, 0.15) is 96.3 Å². The molecule has 0 saturated carbocycles. The Morgan fingerprint density at radius 2 is 1.40 bits per heavy atom. The smallest absolute Gasteiger partial charge is 0.354 e. The summed E-state index contributed by atoms with van der Waals surface area (Å²) in [7, 11) is 0. The number of aromatic nitrogens is 2. The average molecular weight is 933 g/mol. The van der Waals surface area contributed by atoms with Crippen molar-refractivity contribution >= 4 is 29.4 Å². The van der Waals surface area contributed by atoms with Gasteiger partial charge in [0.1, 0.15) is 11.4 Å². The summed E-state index contributed by atoms with van der Waals surface area (Å²) in [6.45, 7) is 4.99. The Balaban J connectivity index is 1.05. The lowest BCUT2D eigenvalue weighted by molar-refractivity contribution is -0.118. The molecule has 360 valence electrons. The van der Waals surface area contributed by atoms with Crippen molar-refractivity contribution in [2.75, 3.05) is 77.3 Å². The number of para-hydroxylation sites is 1. The van der Waals surface area contributed by atoms with Crippen molar-refractivity contribution in [2.45, 2.75) is 44.4 Å². The van der Waals surface area contributed by atoms with Crippen molar-refractivity contribution in [3.63, 3.8) is 0 Å². The Hall–Kier alpha value is -6.48. The number of carboxylic acids is 2. The normalized spacial score (nSPS) is 15.0. The molecule has 2 amide bonds. The lowest BCUT2D eigenvalue weighted by Gasteiger charge is -2.35. The number of hydrogen-bond acceptors (Lipinski definition) is 14. The van der Waals surface area contributed by atoms with Gasteiger partial charge in [-0.25, -0.2) is 19.6 Å². The number of aromatic carboxylic acids is 2. The number of hydrogen-bond donors (Lipinski definition) is 7. The highest BCUT2D eigenvalue weighted by Gasteiger charge is 2.31. The van der Waals surface area contributed by atoms with Crippen LogP contribution in [0.3, 0.4) is 0 Å². The third kappa shape index (κ3) is 13.6. The van der Waals surface area contributed by atoms with E-state index >= 15 is 0 Å². The van der Waals surface area contributed by atoms with Crippen molar-refractivity contribution in [2.24, 2.45) is 5.84 Å². The van der Waals surface area contributed by atoms with Crippen LogP contribution < -0.4 is 21.5 Å². The van der Waals surface area contributed by atoms with E-state index in [2.05, 4.69) is 27.6 Å². The number of aliphatic hydroxyl groups is 2. The summed E-state index contributed by atoms with van der Waals surface area (Å²) in [6.07, 6.45) is 0.0549. The number of rotatable bonds is 25. The van der Waals surface area contributed by atoms with Gasteiger partial charge in [-0.2, -0.15) is 0 Å². The Bertz CT molecular complexity index is 2460. The Morgan fingerprint density at radius 3 is 2.09 bits per heavy atom. The summed E-state index contributed by atoms with van der Waals surface area (Å²) in [5.41, 5.74) is 8.58. The topological polar surface area (TPSA) is 253 Å². The largest absolute Gasteiger partial charge is 0.477 e. The van der Waals surface area contributed by atoms with Crippen LogP contribution in [0.4, 0.5) is 5.69 Å².